The molecule has 1 atom stereocenters. The van der Waals surface area contributed by atoms with Gasteiger partial charge in [-0.3, -0.25) is 4.79 Å². The van der Waals surface area contributed by atoms with E-state index in [1.165, 1.54) is 16.7 Å². The van der Waals surface area contributed by atoms with Crippen molar-refractivity contribution in [2.24, 2.45) is 0 Å². The fourth-order valence-electron chi connectivity index (χ4n) is 2.04. The first-order valence-corrected chi connectivity index (χ1v) is 6.50. The molecular weight excluding hydrogens is 224 g/mol. The minimum absolute atomic E-state index is 0.0432. The first-order valence-electron chi connectivity index (χ1n) is 6.50. The number of hydrogen-bond donors (Lipinski definition) is 2. The Morgan fingerprint density at radius 1 is 1.22 bits per heavy atom. The molecule has 0 aliphatic rings. The van der Waals surface area contributed by atoms with Crippen LogP contribution in [0.5, 0.6) is 0 Å². The van der Waals surface area contributed by atoms with Crippen LogP contribution in [0, 0.1) is 13.8 Å². The van der Waals surface area contributed by atoms with Crippen LogP contribution in [0.4, 0.5) is 0 Å². The highest BCUT2D eigenvalue weighted by Crippen LogP contribution is 2.18. The Hall–Kier alpha value is -1.35. The average molecular weight is 248 g/mol. The number of rotatable bonds is 5. The van der Waals surface area contributed by atoms with Gasteiger partial charge in [0.25, 0.3) is 0 Å². The van der Waals surface area contributed by atoms with Gasteiger partial charge in [0.05, 0.1) is 6.54 Å². The van der Waals surface area contributed by atoms with Gasteiger partial charge >= 0.3 is 0 Å². The standard InChI is InChI=1S/C15H24N2O/c1-10(2)17-15(18)9-16-13(5)14-7-6-11(3)8-12(14)4/h6-8,10,13,16H,9H2,1-5H3,(H,17,18). The zero-order valence-corrected chi connectivity index (χ0v) is 12.0. The zero-order chi connectivity index (χ0) is 13.7. The highest BCUT2D eigenvalue weighted by atomic mass is 16.1. The molecule has 1 aromatic rings. The van der Waals surface area contributed by atoms with E-state index in [1.807, 2.05) is 13.8 Å². The SMILES string of the molecule is Cc1ccc(C(C)NCC(=O)NC(C)C)c(C)c1. The molecule has 18 heavy (non-hydrogen) atoms. The maximum absolute atomic E-state index is 11.6. The quantitative estimate of drug-likeness (QED) is 0.840. The van der Waals surface area contributed by atoms with E-state index in [9.17, 15) is 4.79 Å². The van der Waals surface area contributed by atoms with Gasteiger partial charge in [0.15, 0.2) is 0 Å². The lowest BCUT2D eigenvalue weighted by molar-refractivity contribution is -0.120. The topological polar surface area (TPSA) is 41.1 Å². The van der Waals surface area contributed by atoms with E-state index in [4.69, 9.17) is 0 Å². The Kier molecular flexibility index (Phi) is 5.35. The second-order valence-corrected chi connectivity index (χ2v) is 5.18. The molecule has 0 saturated carbocycles. The molecule has 0 bridgehead atoms. The number of carbonyl (C=O) groups excluding carboxylic acids is 1. The second-order valence-electron chi connectivity index (χ2n) is 5.18. The molecule has 0 aromatic heterocycles. The second kappa shape index (κ2) is 6.55. The fourth-order valence-corrected chi connectivity index (χ4v) is 2.04. The van der Waals surface area contributed by atoms with Crippen molar-refractivity contribution in [1.29, 1.82) is 0 Å². The number of amides is 1. The lowest BCUT2D eigenvalue weighted by Crippen LogP contribution is -2.38. The number of hydrogen-bond acceptors (Lipinski definition) is 2. The molecule has 3 heteroatoms. The molecule has 1 amide bonds. The smallest absolute Gasteiger partial charge is 0.234 e. The molecule has 2 N–H and O–H groups in total. The van der Waals surface area contributed by atoms with Crippen LogP contribution in [-0.2, 0) is 4.79 Å². The molecule has 100 valence electrons. The molecule has 0 saturated heterocycles. The van der Waals surface area contributed by atoms with Crippen LogP contribution in [0.2, 0.25) is 0 Å². The van der Waals surface area contributed by atoms with Crippen LogP contribution in [0.15, 0.2) is 18.2 Å². The van der Waals surface area contributed by atoms with E-state index in [2.05, 4.69) is 49.6 Å². The van der Waals surface area contributed by atoms with Crippen molar-refractivity contribution in [1.82, 2.24) is 10.6 Å². The third-order valence-corrected chi connectivity index (χ3v) is 2.91. The summed E-state index contributed by atoms with van der Waals surface area (Å²) in [6.07, 6.45) is 0. The van der Waals surface area contributed by atoms with Crippen molar-refractivity contribution in [3.63, 3.8) is 0 Å². The summed E-state index contributed by atoms with van der Waals surface area (Å²) < 4.78 is 0. The summed E-state index contributed by atoms with van der Waals surface area (Å²) in [6, 6.07) is 6.78. The predicted octanol–water partition coefficient (Wildman–Crippen LogP) is 2.48. The highest BCUT2D eigenvalue weighted by molar-refractivity contribution is 5.78. The van der Waals surface area contributed by atoms with Crippen molar-refractivity contribution in [2.75, 3.05) is 6.54 Å². The van der Waals surface area contributed by atoms with Crippen molar-refractivity contribution >= 4 is 5.91 Å². The van der Waals surface area contributed by atoms with Gasteiger partial charge in [-0.05, 0) is 45.7 Å². The lowest BCUT2D eigenvalue weighted by Gasteiger charge is -2.17. The first-order chi connectivity index (χ1) is 8.40. The normalized spacial score (nSPS) is 12.6. The van der Waals surface area contributed by atoms with Gasteiger partial charge in [0, 0.05) is 12.1 Å². The Morgan fingerprint density at radius 3 is 2.44 bits per heavy atom. The fraction of sp³-hybridized carbons (Fsp3) is 0.533. The van der Waals surface area contributed by atoms with E-state index >= 15 is 0 Å². The summed E-state index contributed by atoms with van der Waals surface area (Å²) in [5.74, 6) is 0.0432. The molecule has 0 heterocycles. The molecule has 0 fully saturated rings. The summed E-state index contributed by atoms with van der Waals surface area (Å²) in [7, 11) is 0. The van der Waals surface area contributed by atoms with Gasteiger partial charge in [-0.2, -0.15) is 0 Å². The van der Waals surface area contributed by atoms with E-state index in [0.717, 1.165) is 0 Å². The summed E-state index contributed by atoms with van der Waals surface area (Å²) in [5, 5.41) is 6.12. The highest BCUT2D eigenvalue weighted by Gasteiger charge is 2.10. The Bertz CT molecular complexity index is 413. The summed E-state index contributed by atoms with van der Waals surface area (Å²) in [4.78, 5) is 11.6. The van der Waals surface area contributed by atoms with E-state index in [-0.39, 0.29) is 18.0 Å². The maximum Gasteiger partial charge on any atom is 0.234 e. The van der Waals surface area contributed by atoms with Crippen LogP contribution < -0.4 is 10.6 Å². The number of benzene rings is 1. The molecular formula is C15H24N2O. The minimum Gasteiger partial charge on any atom is -0.353 e. The van der Waals surface area contributed by atoms with E-state index < -0.39 is 0 Å². The van der Waals surface area contributed by atoms with Crippen molar-refractivity contribution in [2.45, 2.75) is 46.7 Å². The number of aryl methyl sites for hydroxylation is 2. The minimum atomic E-state index is 0.0432. The molecule has 1 aromatic carbocycles. The van der Waals surface area contributed by atoms with Gasteiger partial charge in [0.2, 0.25) is 5.91 Å². The van der Waals surface area contributed by atoms with Crippen LogP contribution in [0.1, 0.15) is 43.5 Å². The number of carbonyl (C=O) groups is 1. The molecule has 0 aliphatic heterocycles. The summed E-state index contributed by atoms with van der Waals surface area (Å²) in [5.41, 5.74) is 3.78. The van der Waals surface area contributed by atoms with Gasteiger partial charge in [-0.1, -0.05) is 23.8 Å². The largest absolute Gasteiger partial charge is 0.353 e. The average Bonchev–Trinajstić information content (AvgIpc) is 2.25. The maximum atomic E-state index is 11.6. The molecule has 1 rings (SSSR count). The van der Waals surface area contributed by atoms with E-state index in [0.29, 0.717) is 6.54 Å². The van der Waals surface area contributed by atoms with Crippen molar-refractivity contribution in [3.8, 4) is 0 Å². The Labute approximate surface area is 110 Å². The van der Waals surface area contributed by atoms with Crippen LogP contribution >= 0.6 is 0 Å². The van der Waals surface area contributed by atoms with E-state index in [1.54, 1.807) is 0 Å². The summed E-state index contributed by atoms with van der Waals surface area (Å²) >= 11 is 0. The third kappa shape index (κ3) is 4.49. The van der Waals surface area contributed by atoms with Gasteiger partial charge < -0.3 is 10.6 Å². The first kappa shape index (κ1) is 14.7. The van der Waals surface area contributed by atoms with Crippen molar-refractivity contribution in [3.05, 3.63) is 34.9 Å². The van der Waals surface area contributed by atoms with Crippen LogP contribution in [0.25, 0.3) is 0 Å². The van der Waals surface area contributed by atoms with Gasteiger partial charge in [-0.15, -0.1) is 0 Å². The monoisotopic (exact) mass is 248 g/mol. The Balaban J connectivity index is 2.55. The molecule has 1 unspecified atom stereocenters. The molecule has 0 spiro atoms. The third-order valence-electron chi connectivity index (χ3n) is 2.91. The summed E-state index contributed by atoms with van der Waals surface area (Å²) in [6.45, 7) is 10.6. The lowest BCUT2D eigenvalue weighted by atomic mass is 10.0. The predicted molar refractivity (Wildman–Crippen MR) is 75.6 cm³/mol. The van der Waals surface area contributed by atoms with Gasteiger partial charge in [-0.25, -0.2) is 0 Å². The van der Waals surface area contributed by atoms with Gasteiger partial charge in [0.1, 0.15) is 0 Å². The Morgan fingerprint density at radius 2 is 1.89 bits per heavy atom. The molecule has 3 nitrogen and oxygen atoms in total. The van der Waals surface area contributed by atoms with Crippen molar-refractivity contribution < 1.29 is 4.79 Å². The van der Waals surface area contributed by atoms with Crippen LogP contribution in [-0.4, -0.2) is 18.5 Å². The zero-order valence-electron chi connectivity index (χ0n) is 12.0. The molecule has 0 radical (unpaired) electrons. The number of nitrogens with one attached hydrogen (secondary N) is 2. The van der Waals surface area contributed by atoms with Crippen LogP contribution in [0.3, 0.4) is 0 Å². The molecule has 0 aliphatic carbocycles.